The van der Waals surface area contributed by atoms with E-state index in [1.807, 2.05) is 36.2 Å². The maximum Gasteiger partial charge on any atom is 0.220 e. The molecular weight excluding hydrogens is 278 g/mol. The van der Waals surface area contributed by atoms with Crippen molar-refractivity contribution < 1.29 is 4.79 Å². The Morgan fingerprint density at radius 2 is 2.32 bits per heavy atom. The second-order valence-electron chi connectivity index (χ2n) is 5.46. The van der Waals surface area contributed by atoms with Crippen LogP contribution >= 0.6 is 0 Å². The average molecular weight is 297 g/mol. The third kappa shape index (κ3) is 3.05. The zero-order valence-electron chi connectivity index (χ0n) is 12.8. The molecule has 1 saturated heterocycles. The van der Waals surface area contributed by atoms with Gasteiger partial charge in [0, 0.05) is 38.5 Å². The first-order valence-corrected chi connectivity index (χ1v) is 7.39. The van der Waals surface area contributed by atoms with Gasteiger partial charge in [-0.05, 0) is 25.0 Å². The van der Waals surface area contributed by atoms with Gasteiger partial charge in [-0.25, -0.2) is 9.97 Å². The van der Waals surface area contributed by atoms with Crippen LogP contribution in [0.5, 0.6) is 0 Å². The standard InChI is InChI=1S/C16H19N5O/c1-11-19-14(15-5-7-21(15)12(2)22)8-16(20-11)18-10-13-4-3-6-17-9-13/h3-4,6,8-9,15H,5,7,10H2,1-2H3,(H,18,19,20)/t15-/m0/s1. The molecular formula is C16H19N5O. The fourth-order valence-electron chi connectivity index (χ4n) is 2.62. The Labute approximate surface area is 129 Å². The lowest BCUT2D eigenvalue weighted by Gasteiger charge is -2.40. The number of rotatable bonds is 4. The SMILES string of the molecule is CC(=O)N1CC[C@H]1c1cc(NCc2cccnc2)nc(C)n1. The van der Waals surface area contributed by atoms with Gasteiger partial charge in [0.05, 0.1) is 11.7 Å². The number of anilines is 1. The van der Waals surface area contributed by atoms with Crippen molar-refractivity contribution in [3.05, 3.63) is 47.7 Å². The van der Waals surface area contributed by atoms with Gasteiger partial charge in [-0.15, -0.1) is 0 Å². The highest BCUT2D eigenvalue weighted by Crippen LogP contribution is 2.32. The van der Waals surface area contributed by atoms with E-state index >= 15 is 0 Å². The molecule has 1 fully saturated rings. The minimum atomic E-state index is 0.0816. The summed E-state index contributed by atoms with van der Waals surface area (Å²) in [5.74, 6) is 1.58. The number of aromatic nitrogens is 3. The molecule has 1 amide bonds. The van der Waals surface area contributed by atoms with Gasteiger partial charge in [-0.1, -0.05) is 6.07 Å². The topological polar surface area (TPSA) is 71.0 Å². The van der Waals surface area contributed by atoms with Crippen LogP contribution in [-0.4, -0.2) is 32.3 Å². The van der Waals surface area contributed by atoms with Crippen LogP contribution in [0.1, 0.15) is 36.5 Å². The zero-order valence-corrected chi connectivity index (χ0v) is 12.8. The molecule has 2 aromatic heterocycles. The van der Waals surface area contributed by atoms with Crippen molar-refractivity contribution >= 4 is 11.7 Å². The van der Waals surface area contributed by atoms with Gasteiger partial charge in [0.2, 0.25) is 5.91 Å². The number of hydrogen-bond donors (Lipinski definition) is 1. The highest BCUT2D eigenvalue weighted by atomic mass is 16.2. The quantitative estimate of drug-likeness (QED) is 0.935. The average Bonchev–Trinajstić information content (AvgIpc) is 2.44. The molecule has 22 heavy (non-hydrogen) atoms. The number of aryl methyl sites for hydroxylation is 1. The summed E-state index contributed by atoms with van der Waals surface area (Å²) in [6, 6.07) is 5.94. The molecule has 3 rings (SSSR count). The van der Waals surface area contributed by atoms with Crippen LogP contribution in [0.2, 0.25) is 0 Å². The van der Waals surface area contributed by atoms with Crippen LogP contribution in [-0.2, 0) is 11.3 Å². The highest BCUT2D eigenvalue weighted by molar-refractivity contribution is 5.74. The van der Waals surface area contributed by atoms with Crippen molar-refractivity contribution in [3.63, 3.8) is 0 Å². The van der Waals surface area contributed by atoms with E-state index < -0.39 is 0 Å². The van der Waals surface area contributed by atoms with Crippen molar-refractivity contribution in [1.29, 1.82) is 0 Å². The molecule has 0 aliphatic carbocycles. The molecule has 1 aliphatic rings. The lowest BCUT2D eigenvalue weighted by atomic mass is 9.99. The Bertz CT molecular complexity index is 673. The first kappa shape index (κ1) is 14.4. The van der Waals surface area contributed by atoms with Crippen LogP contribution in [0.3, 0.4) is 0 Å². The molecule has 0 aromatic carbocycles. The van der Waals surface area contributed by atoms with Crippen molar-refractivity contribution in [2.75, 3.05) is 11.9 Å². The molecule has 0 spiro atoms. The van der Waals surface area contributed by atoms with E-state index in [2.05, 4.69) is 20.3 Å². The first-order valence-electron chi connectivity index (χ1n) is 7.39. The van der Waals surface area contributed by atoms with Gasteiger partial charge in [0.25, 0.3) is 0 Å². The summed E-state index contributed by atoms with van der Waals surface area (Å²) in [5, 5.41) is 3.29. The van der Waals surface area contributed by atoms with E-state index in [1.165, 1.54) is 0 Å². The number of carbonyl (C=O) groups excluding carboxylic acids is 1. The van der Waals surface area contributed by atoms with Gasteiger partial charge in [0.1, 0.15) is 11.6 Å². The largest absolute Gasteiger partial charge is 0.366 e. The van der Waals surface area contributed by atoms with Crippen LogP contribution in [0.15, 0.2) is 30.6 Å². The number of amides is 1. The molecule has 6 heteroatoms. The number of carbonyl (C=O) groups is 1. The molecule has 114 valence electrons. The fourth-order valence-corrected chi connectivity index (χ4v) is 2.62. The summed E-state index contributed by atoms with van der Waals surface area (Å²) in [7, 11) is 0. The smallest absolute Gasteiger partial charge is 0.220 e. The van der Waals surface area contributed by atoms with E-state index in [-0.39, 0.29) is 11.9 Å². The molecule has 0 bridgehead atoms. The third-order valence-electron chi connectivity index (χ3n) is 3.82. The minimum Gasteiger partial charge on any atom is -0.366 e. The number of hydrogen-bond acceptors (Lipinski definition) is 5. The number of nitrogens with one attached hydrogen (secondary N) is 1. The van der Waals surface area contributed by atoms with Gasteiger partial charge >= 0.3 is 0 Å². The predicted molar refractivity (Wildman–Crippen MR) is 83.1 cm³/mol. The summed E-state index contributed by atoms with van der Waals surface area (Å²) in [6.07, 6.45) is 4.53. The van der Waals surface area contributed by atoms with Crippen LogP contribution < -0.4 is 5.32 Å². The fraction of sp³-hybridized carbons (Fsp3) is 0.375. The second kappa shape index (κ2) is 6.09. The Kier molecular flexibility index (Phi) is 4.00. The normalized spacial score (nSPS) is 17.0. The van der Waals surface area contributed by atoms with Crippen LogP contribution in [0.4, 0.5) is 5.82 Å². The van der Waals surface area contributed by atoms with Gasteiger partial charge in [-0.2, -0.15) is 0 Å². The van der Waals surface area contributed by atoms with Gasteiger partial charge < -0.3 is 10.2 Å². The summed E-state index contributed by atoms with van der Waals surface area (Å²) in [5.41, 5.74) is 2.00. The van der Waals surface area contributed by atoms with Gasteiger partial charge in [0.15, 0.2) is 0 Å². The molecule has 1 atom stereocenters. The van der Waals surface area contributed by atoms with Gasteiger partial charge in [-0.3, -0.25) is 9.78 Å². The lowest BCUT2D eigenvalue weighted by Crippen LogP contribution is -2.44. The summed E-state index contributed by atoms with van der Waals surface area (Å²) in [4.78, 5) is 26.4. The van der Waals surface area contributed by atoms with Crippen molar-refractivity contribution in [1.82, 2.24) is 19.9 Å². The first-order chi connectivity index (χ1) is 10.6. The predicted octanol–water partition coefficient (Wildman–Crippen LogP) is 2.09. The van der Waals surface area contributed by atoms with E-state index in [0.29, 0.717) is 12.4 Å². The third-order valence-corrected chi connectivity index (χ3v) is 3.82. The monoisotopic (exact) mass is 297 g/mol. The Hall–Kier alpha value is -2.50. The minimum absolute atomic E-state index is 0.0816. The van der Waals surface area contributed by atoms with Crippen molar-refractivity contribution in [2.45, 2.75) is 32.9 Å². The molecule has 0 unspecified atom stereocenters. The van der Waals surface area contributed by atoms with E-state index in [4.69, 9.17) is 0 Å². The number of pyridine rings is 1. The molecule has 6 nitrogen and oxygen atoms in total. The summed E-state index contributed by atoms with van der Waals surface area (Å²) < 4.78 is 0. The Morgan fingerprint density at radius 1 is 1.45 bits per heavy atom. The molecule has 0 saturated carbocycles. The van der Waals surface area contributed by atoms with Crippen molar-refractivity contribution in [3.8, 4) is 0 Å². The van der Waals surface area contributed by atoms with E-state index in [9.17, 15) is 4.79 Å². The van der Waals surface area contributed by atoms with Crippen LogP contribution in [0.25, 0.3) is 0 Å². The van der Waals surface area contributed by atoms with E-state index in [0.717, 1.165) is 30.0 Å². The van der Waals surface area contributed by atoms with E-state index in [1.54, 1.807) is 13.1 Å². The lowest BCUT2D eigenvalue weighted by molar-refractivity contribution is -0.136. The number of nitrogens with zero attached hydrogens (tertiary/aromatic N) is 4. The Morgan fingerprint density at radius 3 is 2.95 bits per heavy atom. The highest BCUT2D eigenvalue weighted by Gasteiger charge is 2.32. The summed E-state index contributed by atoms with van der Waals surface area (Å²) in [6.45, 7) is 4.93. The number of likely N-dealkylation sites (tertiary alicyclic amines) is 1. The molecule has 0 radical (unpaired) electrons. The molecule has 1 aliphatic heterocycles. The van der Waals surface area contributed by atoms with Crippen LogP contribution in [0, 0.1) is 6.92 Å². The Balaban J connectivity index is 1.74. The molecule has 2 aromatic rings. The molecule has 1 N–H and O–H groups in total. The maximum absolute atomic E-state index is 11.6. The zero-order chi connectivity index (χ0) is 15.5. The van der Waals surface area contributed by atoms with Crippen molar-refractivity contribution in [2.24, 2.45) is 0 Å². The summed E-state index contributed by atoms with van der Waals surface area (Å²) >= 11 is 0. The molecule has 3 heterocycles. The second-order valence-corrected chi connectivity index (χ2v) is 5.46. The maximum atomic E-state index is 11.6.